The van der Waals surface area contributed by atoms with Crippen molar-refractivity contribution in [1.29, 1.82) is 0 Å². The Labute approximate surface area is 161 Å². The number of aromatic nitrogens is 1. The van der Waals surface area contributed by atoms with E-state index in [1.54, 1.807) is 17.4 Å². The van der Waals surface area contributed by atoms with Crippen molar-refractivity contribution in [2.45, 2.75) is 31.6 Å². The first kappa shape index (κ1) is 19.3. The maximum absolute atomic E-state index is 12.5. The minimum atomic E-state index is -4.35. The predicted molar refractivity (Wildman–Crippen MR) is 98.0 cm³/mol. The summed E-state index contributed by atoms with van der Waals surface area (Å²) in [7, 11) is 0. The lowest BCUT2D eigenvalue weighted by Crippen LogP contribution is -2.29. The molecule has 140 valence electrons. The maximum Gasteiger partial charge on any atom is 0.390 e. The van der Waals surface area contributed by atoms with Crippen LogP contribution in [0.4, 0.5) is 18.9 Å². The molecule has 0 fully saturated rings. The average Bonchev–Trinajstić information content (AvgIpc) is 3.13. The van der Waals surface area contributed by atoms with Crippen LogP contribution in [0.1, 0.15) is 17.1 Å². The van der Waals surface area contributed by atoms with Crippen molar-refractivity contribution in [1.82, 2.24) is 4.98 Å². The van der Waals surface area contributed by atoms with E-state index in [-0.39, 0.29) is 22.4 Å². The molecule has 3 heterocycles. The lowest BCUT2D eigenvalue weighted by Gasteiger charge is -2.12. The van der Waals surface area contributed by atoms with Gasteiger partial charge < -0.3 is 15.5 Å². The van der Waals surface area contributed by atoms with Gasteiger partial charge in [-0.15, -0.1) is 11.3 Å². The van der Waals surface area contributed by atoms with Crippen LogP contribution >= 0.6 is 34.5 Å². The molecule has 3 N–H and O–H groups in total. The maximum atomic E-state index is 12.5. The van der Waals surface area contributed by atoms with Crippen molar-refractivity contribution < 1.29 is 17.6 Å². The number of alkyl halides is 3. The molecule has 10 heteroatoms. The average molecular weight is 424 g/mol. The summed E-state index contributed by atoms with van der Waals surface area (Å²) in [5.74, 6) is 0.160. The van der Waals surface area contributed by atoms with Crippen molar-refractivity contribution in [2.24, 2.45) is 5.73 Å². The molecule has 0 aliphatic rings. The number of fused-ring (bicyclic) bond motifs is 1. The van der Waals surface area contributed by atoms with Crippen molar-refractivity contribution in [3.05, 3.63) is 44.4 Å². The predicted octanol–water partition coefficient (Wildman–Crippen LogP) is 5.63. The Morgan fingerprint density at radius 2 is 2.12 bits per heavy atom. The normalized spacial score (nSPS) is 13.3. The van der Waals surface area contributed by atoms with E-state index in [2.05, 4.69) is 10.3 Å². The number of thiophene rings is 1. The van der Waals surface area contributed by atoms with Gasteiger partial charge in [-0.2, -0.15) is 13.2 Å². The van der Waals surface area contributed by atoms with Gasteiger partial charge in [0.05, 0.1) is 12.1 Å². The van der Waals surface area contributed by atoms with Crippen LogP contribution in [0.5, 0.6) is 0 Å². The van der Waals surface area contributed by atoms with Crippen LogP contribution in [-0.2, 0) is 13.0 Å². The van der Waals surface area contributed by atoms with Gasteiger partial charge in [0.1, 0.15) is 21.5 Å². The van der Waals surface area contributed by atoms with Crippen LogP contribution in [0.15, 0.2) is 28.0 Å². The minimum Gasteiger partial charge on any atom is -0.455 e. The summed E-state index contributed by atoms with van der Waals surface area (Å²) in [5, 5.41) is 5.46. The number of nitrogens with two attached hydrogens (primary N) is 1. The monoisotopic (exact) mass is 423 g/mol. The molecule has 1 atom stereocenters. The molecule has 0 radical (unpaired) electrons. The summed E-state index contributed by atoms with van der Waals surface area (Å²) < 4.78 is 43.1. The smallest absolute Gasteiger partial charge is 0.390 e. The summed E-state index contributed by atoms with van der Waals surface area (Å²) in [6.07, 6.45) is -5.64. The standard InChI is InChI=1S/C16H14Cl2F3N3OS/c17-12-5-10(23-7-9-2-1-3-26-9)15-14(24-12)13(18)11(25-15)4-8(22)6-16(19,20)21/h1-3,5,8H,4,6-7,22H2,(H,23,24)/t8-/m1/s1. The number of hydrogen-bond acceptors (Lipinski definition) is 5. The van der Waals surface area contributed by atoms with Crippen LogP contribution in [0, 0.1) is 0 Å². The number of anilines is 1. The third-order valence-corrected chi connectivity index (χ3v) is 5.05. The Kier molecular flexibility index (Phi) is 5.67. The first-order valence-electron chi connectivity index (χ1n) is 7.59. The van der Waals surface area contributed by atoms with E-state index in [0.717, 1.165) is 4.88 Å². The van der Waals surface area contributed by atoms with Crippen LogP contribution in [-0.4, -0.2) is 17.2 Å². The molecule has 0 aliphatic heterocycles. The molecule has 3 rings (SSSR count). The van der Waals surface area contributed by atoms with Gasteiger partial charge in [-0.05, 0) is 11.4 Å². The highest BCUT2D eigenvalue weighted by atomic mass is 35.5. The first-order chi connectivity index (χ1) is 12.2. The van der Waals surface area contributed by atoms with E-state index in [0.29, 0.717) is 23.3 Å². The molecule has 26 heavy (non-hydrogen) atoms. The lowest BCUT2D eigenvalue weighted by atomic mass is 10.1. The second-order valence-corrected chi connectivity index (χ2v) is 7.52. The highest BCUT2D eigenvalue weighted by Gasteiger charge is 2.31. The lowest BCUT2D eigenvalue weighted by molar-refractivity contribution is -0.138. The molecule has 0 spiro atoms. The van der Waals surface area contributed by atoms with E-state index >= 15 is 0 Å². The second kappa shape index (κ2) is 7.64. The molecule has 4 nitrogen and oxygen atoms in total. The molecule has 3 aromatic heterocycles. The molecule has 0 aromatic carbocycles. The molecule has 0 amide bonds. The van der Waals surface area contributed by atoms with Gasteiger partial charge in [-0.25, -0.2) is 4.98 Å². The van der Waals surface area contributed by atoms with Crippen LogP contribution < -0.4 is 11.1 Å². The number of furan rings is 1. The molecule has 3 aromatic rings. The fourth-order valence-electron chi connectivity index (χ4n) is 2.52. The van der Waals surface area contributed by atoms with E-state index in [1.165, 1.54) is 0 Å². The number of rotatable bonds is 6. The van der Waals surface area contributed by atoms with E-state index in [9.17, 15) is 13.2 Å². The second-order valence-electron chi connectivity index (χ2n) is 5.73. The zero-order valence-corrected chi connectivity index (χ0v) is 15.6. The van der Waals surface area contributed by atoms with Crippen LogP contribution in [0.25, 0.3) is 11.1 Å². The van der Waals surface area contributed by atoms with Gasteiger partial charge in [-0.3, -0.25) is 0 Å². The van der Waals surface area contributed by atoms with Crippen molar-refractivity contribution in [2.75, 3.05) is 5.32 Å². The van der Waals surface area contributed by atoms with Gasteiger partial charge in [0.25, 0.3) is 0 Å². The Bertz CT molecular complexity index is 896. The quantitative estimate of drug-likeness (QED) is 0.504. The third kappa shape index (κ3) is 4.62. The Balaban J connectivity index is 1.87. The summed E-state index contributed by atoms with van der Waals surface area (Å²) >= 11 is 13.9. The molecule has 0 bridgehead atoms. The van der Waals surface area contributed by atoms with Crippen LogP contribution in [0.3, 0.4) is 0 Å². The fourth-order valence-corrected chi connectivity index (χ4v) is 3.60. The molecular weight excluding hydrogens is 410 g/mol. The Hall–Kier alpha value is -1.48. The van der Waals surface area contributed by atoms with Gasteiger partial charge in [0.2, 0.25) is 0 Å². The zero-order chi connectivity index (χ0) is 18.9. The van der Waals surface area contributed by atoms with Crippen molar-refractivity contribution in [3.8, 4) is 0 Å². The highest BCUT2D eigenvalue weighted by molar-refractivity contribution is 7.09. The van der Waals surface area contributed by atoms with E-state index in [4.69, 9.17) is 33.4 Å². The number of hydrogen-bond donors (Lipinski definition) is 2. The summed E-state index contributed by atoms with van der Waals surface area (Å²) in [4.78, 5) is 5.22. The van der Waals surface area contributed by atoms with E-state index < -0.39 is 18.6 Å². The number of pyridine rings is 1. The SMILES string of the molecule is N[C@H](Cc1oc2c(NCc3cccs3)cc(Cl)nc2c1Cl)CC(F)(F)F. The zero-order valence-electron chi connectivity index (χ0n) is 13.2. The topological polar surface area (TPSA) is 64.1 Å². The molecule has 0 saturated carbocycles. The van der Waals surface area contributed by atoms with Gasteiger partial charge in [0, 0.05) is 30.0 Å². The molecule has 0 saturated heterocycles. The molecule has 0 unspecified atom stereocenters. The van der Waals surface area contributed by atoms with Gasteiger partial charge in [0.15, 0.2) is 5.58 Å². The summed E-state index contributed by atoms with van der Waals surface area (Å²) in [6, 6.07) is 4.32. The number of nitrogens with one attached hydrogen (secondary N) is 1. The number of nitrogens with zero attached hydrogens (tertiary/aromatic N) is 1. The molecular formula is C16H14Cl2F3N3OS. The van der Waals surface area contributed by atoms with Crippen LogP contribution in [0.2, 0.25) is 10.2 Å². The largest absolute Gasteiger partial charge is 0.455 e. The number of halogens is 5. The minimum absolute atomic E-state index is 0.124. The highest BCUT2D eigenvalue weighted by Crippen LogP contribution is 2.36. The fraction of sp³-hybridized carbons (Fsp3) is 0.312. The third-order valence-electron chi connectivity index (χ3n) is 3.59. The van der Waals surface area contributed by atoms with Gasteiger partial charge >= 0.3 is 6.18 Å². The molecule has 0 aliphatic carbocycles. The van der Waals surface area contributed by atoms with E-state index in [1.807, 2.05) is 17.5 Å². The summed E-state index contributed by atoms with van der Waals surface area (Å²) in [5.41, 5.74) is 6.77. The Morgan fingerprint density at radius 3 is 2.77 bits per heavy atom. The van der Waals surface area contributed by atoms with Crippen molar-refractivity contribution in [3.63, 3.8) is 0 Å². The van der Waals surface area contributed by atoms with Gasteiger partial charge in [-0.1, -0.05) is 29.3 Å². The first-order valence-corrected chi connectivity index (χ1v) is 9.22. The summed E-state index contributed by atoms with van der Waals surface area (Å²) in [6.45, 7) is 0.536. The van der Waals surface area contributed by atoms with Crippen molar-refractivity contribution >= 4 is 51.3 Å². The Morgan fingerprint density at radius 1 is 1.35 bits per heavy atom.